The molecule has 0 aliphatic heterocycles. The quantitative estimate of drug-likeness (QED) is 0.336. The van der Waals surface area contributed by atoms with Crippen LogP contribution in [0.1, 0.15) is 16.7 Å². The Balaban J connectivity index is 1.76. The van der Waals surface area contributed by atoms with Crippen molar-refractivity contribution < 1.29 is 13.9 Å². The van der Waals surface area contributed by atoms with Gasteiger partial charge in [-0.05, 0) is 66.9 Å². The number of benzene rings is 3. The summed E-state index contributed by atoms with van der Waals surface area (Å²) in [5, 5.41) is 11.6. The number of hydrogen-bond donors (Lipinski definition) is 1. The first-order valence-corrected chi connectivity index (χ1v) is 11.5. The van der Waals surface area contributed by atoms with Crippen LogP contribution in [0.4, 0.5) is 4.39 Å². The first-order valence-electron chi connectivity index (χ1n) is 10.6. The zero-order valence-electron chi connectivity index (χ0n) is 18.5. The molecule has 0 radical (unpaired) electrons. The van der Waals surface area contributed by atoms with Gasteiger partial charge in [-0.2, -0.15) is 0 Å². The summed E-state index contributed by atoms with van der Waals surface area (Å²) in [7, 11) is 0. The number of para-hydroxylation sites is 1. The number of hydrogen-bond acceptors (Lipinski definition) is 5. The van der Waals surface area contributed by atoms with Gasteiger partial charge in [0.2, 0.25) is 0 Å². The highest BCUT2D eigenvalue weighted by Crippen LogP contribution is 2.37. The number of aromatic nitrogens is 1. The van der Waals surface area contributed by atoms with Crippen LogP contribution >= 0.6 is 11.8 Å². The molecule has 0 aliphatic rings. The largest absolute Gasteiger partial charge is 0.505 e. The lowest BCUT2D eigenvalue weighted by Crippen LogP contribution is -2.22. The second-order valence-electron chi connectivity index (χ2n) is 8.23. The smallest absolute Gasteiger partial charge is 0.354 e. The Bertz CT molecular complexity index is 1670. The first-order chi connectivity index (χ1) is 16.3. The molecule has 1 N–H and O–H groups in total. The van der Waals surface area contributed by atoms with Crippen LogP contribution in [0.5, 0.6) is 5.75 Å². The van der Waals surface area contributed by atoms with E-state index in [9.17, 15) is 19.1 Å². The van der Waals surface area contributed by atoms with Crippen LogP contribution in [0, 0.1) is 19.7 Å². The molecule has 0 spiro atoms. The van der Waals surface area contributed by atoms with Crippen molar-refractivity contribution in [2.45, 2.75) is 30.2 Å². The van der Waals surface area contributed by atoms with Gasteiger partial charge in [0.15, 0.2) is 11.3 Å². The molecule has 2 heterocycles. The molecule has 2 aromatic heterocycles. The lowest BCUT2D eigenvalue weighted by molar-refractivity contribution is 0.446. The van der Waals surface area contributed by atoms with E-state index in [4.69, 9.17) is 4.42 Å². The second-order valence-corrected chi connectivity index (χ2v) is 9.32. The van der Waals surface area contributed by atoms with Gasteiger partial charge in [-0.1, -0.05) is 42.1 Å². The van der Waals surface area contributed by atoms with Gasteiger partial charge in [0.05, 0.1) is 12.1 Å². The van der Waals surface area contributed by atoms with Crippen molar-refractivity contribution in [2.75, 3.05) is 0 Å². The van der Waals surface area contributed by atoms with E-state index in [-0.39, 0.29) is 28.2 Å². The third kappa shape index (κ3) is 3.88. The Kier molecular flexibility index (Phi) is 5.49. The van der Waals surface area contributed by atoms with Gasteiger partial charge >= 0.3 is 5.63 Å². The minimum atomic E-state index is -0.713. The van der Waals surface area contributed by atoms with Gasteiger partial charge in [-0.15, -0.1) is 0 Å². The molecule has 0 unspecified atom stereocenters. The van der Waals surface area contributed by atoms with Crippen LogP contribution in [0.15, 0.2) is 90.5 Å². The highest BCUT2D eigenvalue weighted by Gasteiger charge is 2.22. The van der Waals surface area contributed by atoms with E-state index in [1.165, 1.54) is 16.7 Å². The maximum atomic E-state index is 13.6. The molecule has 5 nitrogen and oxygen atoms in total. The topological polar surface area (TPSA) is 72.4 Å². The highest BCUT2D eigenvalue weighted by atomic mass is 32.2. The highest BCUT2D eigenvalue weighted by molar-refractivity contribution is 7.99. The third-order valence-electron chi connectivity index (χ3n) is 5.63. The Morgan fingerprint density at radius 2 is 1.65 bits per heavy atom. The summed E-state index contributed by atoms with van der Waals surface area (Å²) in [4.78, 5) is 27.2. The fourth-order valence-electron chi connectivity index (χ4n) is 4.17. The van der Waals surface area contributed by atoms with Gasteiger partial charge in [0.25, 0.3) is 5.56 Å². The molecule has 0 fully saturated rings. The van der Waals surface area contributed by atoms with Crippen LogP contribution < -0.4 is 11.2 Å². The van der Waals surface area contributed by atoms with Crippen LogP contribution in [0.25, 0.3) is 21.9 Å². The summed E-state index contributed by atoms with van der Waals surface area (Å²) >= 11 is 1.06. The molecule has 0 aliphatic carbocycles. The zero-order chi connectivity index (χ0) is 24.0. The molecule has 0 atom stereocenters. The van der Waals surface area contributed by atoms with Crippen LogP contribution in [0.3, 0.4) is 0 Å². The number of halogens is 1. The van der Waals surface area contributed by atoms with E-state index in [1.54, 1.807) is 36.4 Å². The molecule has 5 rings (SSSR count). The van der Waals surface area contributed by atoms with Crippen LogP contribution in [-0.2, 0) is 6.54 Å². The maximum absolute atomic E-state index is 13.6. The van der Waals surface area contributed by atoms with Crippen molar-refractivity contribution >= 4 is 33.6 Å². The molecule has 0 saturated heterocycles. The minimum absolute atomic E-state index is 0.0433. The van der Waals surface area contributed by atoms with Gasteiger partial charge in [0.1, 0.15) is 16.1 Å². The van der Waals surface area contributed by atoms with E-state index in [0.717, 1.165) is 33.3 Å². The standard InChI is InChI=1S/C27H20FNO4S/c1-15-11-16(2)13-19(12-15)34-25-23(30)22-24(33-27(25)32)20-5-3-4-6-21(20)29(26(22)31)14-17-7-9-18(28)10-8-17/h3-13,30H,14H2,1-2H3. The average molecular weight is 474 g/mol. The first kappa shape index (κ1) is 22.0. The molecule has 0 amide bonds. The summed E-state index contributed by atoms with van der Waals surface area (Å²) < 4.78 is 20.5. The predicted octanol–water partition coefficient (Wildman–Crippen LogP) is 5.77. The molecular weight excluding hydrogens is 453 g/mol. The summed E-state index contributed by atoms with van der Waals surface area (Å²) in [5.41, 5.74) is 2.12. The van der Waals surface area contributed by atoms with Crippen LogP contribution in [-0.4, -0.2) is 9.67 Å². The van der Waals surface area contributed by atoms with E-state index >= 15 is 0 Å². The van der Waals surface area contributed by atoms with E-state index in [1.807, 2.05) is 32.0 Å². The number of aromatic hydroxyl groups is 1. The summed E-state index contributed by atoms with van der Waals surface area (Å²) in [5.74, 6) is -0.772. The Hall–Kier alpha value is -3.84. The lowest BCUT2D eigenvalue weighted by Gasteiger charge is -2.14. The minimum Gasteiger partial charge on any atom is -0.505 e. The van der Waals surface area contributed by atoms with E-state index < -0.39 is 16.9 Å². The Morgan fingerprint density at radius 1 is 0.971 bits per heavy atom. The maximum Gasteiger partial charge on any atom is 0.354 e. The van der Waals surface area contributed by atoms with Crippen molar-refractivity contribution in [1.29, 1.82) is 0 Å². The number of fused-ring (bicyclic) bond motifs is 3. The normalized spacial score (nSPS) is 11.4. The van der Waals surface area contributed by atoms with Crippen molar-refractivity contribution in [3.05, 3.63) is 110 Å². The summed E-state index contributed by atoms with van der Waals surface area (Å²) in [6, 6.07) is 18.7. The van der Waals surface area contributed by atoms with Gasteiger partial charge in [-0.25, -0.2) is 9.18 Å². The van der Waals surface area contributed by atoms with Gasteiger partial charge in [-0.3, -0.25) is 4.79 Å². The third-order valence-corrected chi connectivity index (χ3v) is 6.66. The van der Waals surface area contributed by atoms with Crippen molar-refractivity contribution in [3.8, 4) is 5.75 Å². The predicted molar refractivity (Wildman–Crippen MR) is 131 cm³/mol. The monoisotopic (exact) mass is 473 g/mol. The average Bonchev–Trinajstić information content (AvgIpc) is 2.79. The Morgan fingerprint density at radius 3 is 2.35 bits per heavy atom. The molecule has 5 aromatic rings. The van der Waals surface area contributed by atoms with E-state index in [2.05, 4.69) is 0 Å². The fraction of sp³-hybridized carbons (Fsp3) is 0.111. The van der Waals surface area contributed by atoms with Gasteiger partial charge < -0.3 is 14.1 Å². The molecule has 170 valence electrons. The number of aryl methyl sites for hydroxylation is 2. The number of nitrogens with zero attached hydrogens (tertiary/aromatic N) is 1. The number of rotatable bonds is 4. The van der Waals surface area contributed by atoms with Crippen molar-refractivity contribution in [1.82, 2.24) is 4.57 Å². The molecule has 7 heteroatoms. The SMILES string of the molecule is Cc1cc(C)cc(Sc2c(O)c3c(=O)n(Cc4ccc(F)cc4)c4ccccc4c3oc2=O)c1. The molecule has 3 aromatic carbocycles. The fourth-order valence-corrected chi connectivity index (χ4v) is 5.22. The van der Waals surface area contributed by atoms with Crippen LogP contribution in [0.2, 0.25) is 0 Å². The number of pyridine rings is 1. The van der Waals surface area contributed by atoms with E-state index in [0.29, 0.717) is 10.9 Å². The summed E-state index contributed by atoms with van der Waals surface area (Å²) in [6.07, 6.45) is 0. The lowest BCUT2D eigenvalue weighted by atomic mass is 10.1. The van der Waals surface area contributed by atoms with Crippen molar-refractivity contribution in [3.63, 3.8) is 0 Å². The van der Waals surface area contributed by atoms with Gasteiger partial charge in [0, 0.05) is 10.3 Å². The molecule has 0 bridgehead atoms. The molecule has 34 heavy (non-hydrogen) atoms. The Labute approximate surface area is 198 Å². The second kappa shape index (κ2) is 8.50. The molecular formula is C27H20FNO4S. The van der Waals surface area contributed by atoms with Crippen molar-refractivity contribution in [2.24, 2.45) is 0 Å². The zero-order valence-corrected chi connectivity index (χ0v) is 19.3. The molecule has 0 saturated carbocycles. The summed E-state index contributed by atoms with van der Waals surface area (Å²) in [6.45, 7) is 4.05.